The van der Waals surface area contributed by atoms with Crippen LogP contribution in [0.4, 0.5) is 0 Å². The van der Waals surface area contributed by atoms with Crippen LogP contribution < -0.4 is 0 Å². The van der Waals surface area contributed by atoms with E-state index in [1.807, 2.05) is 0 Å². The van der Waals surface area contributed by atoms with Gasteiger partial charge in [0.25, 0.3) is 0 Å². The molecule has 0 aliphatic heterocycles. The molecule has 4 N–H and O–H groups in total. The van der Waals surface area contributed by atoms with Gasteiger partial charge in [-0.3, -0.25) is 0 Å². The van der Waals surface area contributed by atoms with Crippen molar-refractivity contribution in [2.24, 2.45) is 0 Å². The fourth-order valence-corrected chi connectivity index (χ4v) is 0. The van der Waals surface area contributed by atoms with Gasteiger partial charge in [-0.15, -0.1) is 0 Å². The summed E-state index contributed by atoms with van der Waals surface area (Å²) in [6.07, 6.45) is 0. The average molecular weight is 510 g/mol. The van der Waals surface area contributed by atoms with Crippen molar-refractivity contribution >= 4 is 57.1 Å². The van der Waals surface area contributed by atoms with Crippen molar-refractivity contribution in [3.63, 3.8) is 0 Å². The monoisotopic (exact) mass is 510 g/mol. The van der Waals surface area contributed by atoms with Crippen molar-refractivity contribution in [2.75, 3.05) is 0 Å². The fraction of sp³-hybridized carbons (Fsp3) is 0. The Morgan fingerprint density at radius 2 is 0.833 bits per heavy atom. The summed E-state index contributed by atoms with van der Waals surface area (Å²) in [5.41, 5.74) is 0. The molecule has 0 heterocycles. The molecule has 0 atom stereocenters. The normalized spacial score (nSPS) is 6.00. The Morgan fingerprint density at radius 1 is 0.833 bits per heavy atom. The summed E-state index contributed by atoms with van der Waals surface area (Å²) in [4.78, 5) is 0. The van der Waals surface area contributed by atoms with E-state index < -0.39 is 6.99 Å². The molecule has 0 radical (unpaired) electrons. The summed E-state index contributed by atoms with van der Waals surface area (Å²) in [5, 5.41) is 0. The van der Waals surface area contributed by atoms with Crippen molar-refractivity contribution in [3.05, 3.63) is 0 Å². The number of halogens is 3. The summed E-state index contributed by atoms with van der Waals surface area (Å²) in [6.45, 7) is -0.540. The molecule has 0 rings (SSSR count). The van der Waals surface area contributed by atoms with E-state index in [-0.39, 0.29) is 11.0 Å². The molecular formula is H4I3NbO2. The molecule has 0 aliphatic rings. The van der Waals surface area contributed by atoms with Gasteiger partial charge in [-0.25, -0.2) is 0 Å². The SMILES string of the molecule is O.O.[I][Nb]([I])[I]. The second kappa shape index (κ2) is 10.8. The molecule has 0 amide bonds. The van der Waals surface area contributed by atoms with Gasteiger partial charge >= 0.3 is 64.1 Å². The Hall–Kier alpha value is 2.85. The molecule has 0 aliphatic carbocycles. The van der Waals surface area contributed by atoms with Gasteiger partial charge in [-0.1, -0.05) is 0 Å². The molecule has 0 bridgehead atoms. The first-order valence-electron chi connectivity index (χ1n) is 0.507. The van der Waals surface area contributed by atoms with Crippen LogP contribution in [0, 0.1) is 0 Å². The molecule has 0 saturated heterocycles. The van der Waals surface area contributed by atoms with Gasteiger partial charge < -0.3 is 11.0 Å². The standard InChI is InChI=1S/3HI.Nb.2H2O/h3*1H;;2*1H2/q;;;+3;;/p-3. The van der Waals surface area contributed by atoms with Crippen molar-refractivity contribution in [3.8, 4) is 0 Å². The number of hydrogen-bond donors (Lipinski definition) is 0. The van der Waals surface area contributed by atoms with Crippen LogP contribution in [-0.4, -0.2) is 11.0 Å². The predicted octanol–water partition coefficient (Wildman–Crippen LogP) is 1.01. The third kappa shape index (κ3) is 28.9. The van der Waals surface area contributed by atoms with Crippen LogP contribution in [-0.2, 0) is 6.99 Å². The van der Waals surface area contributed by atoms with Gasteiger partial charge in [0, 0.05) is 0 Å². The van der Waals surface area contributed by atoms with E-state index in [1.165, 1.54) is 0 Å². The van der Waals surface area contributed by atoms with E-state index in [2.05, 4.69) is 57.1 Å². The molecule has 0 unspecified atom stereocenters. The van der Waals surface area contributed by atoms with Crippen LogP contribution in [0.25, 0.3) is 0 Å². The second-order valence-corrected chi connectivity index (χ2v) is 51.0. The van der Waals surface area contributed by atoms with Gasteiger partial charge in [0.05, 0.1) is 0 Å². The van der Waals surface area contributed by atoms with Crippen LogP contribution >= 0.6 is 57.1 Å². The van der Waals surface area contributed by atoms with Crippen LogP contribution in [0.15, 0.2) is 0 Å². The predicted molar refractivity (Wildman–Crippen MR) is 49.3 cm³/mol. The molecule has 0 spiro atoms. The molecule has 6 heavy (non-hydrogen) atoms. The van der Waals surface area contributed by atoms with Gasteiger partial charge in [0.1, 0.15) is 0 Å². The minimum atomic E-state index is -0.540. The second-order valence-electron chi connectivity index (χ2n) is 0.192. The van der Waals surface area contributed by atoms with E-state index in [1.54, 1.807) is 0 Å². The first-order valence-corrected chi connectivity index (χ1v) is 20.1. The molecule has 0 aromatic heterocycles. The van der Waals surface area contributed by atoms with Crippen LogP contribution in [0.1, 0.15) is 0 Å². The van der Waals surface area contributed by atoms with E-state index in [0.717, 1.165) is 0 Å². The zero-order valence-corrected chi connectivity index (χ0v) is 11.3. The Kier molecular flexibility index (Phi) is 28.6. The van der Waals surface area contributed by atoms with Crippen molar-refractivity contribution in [1.29, 1.82) is 0 Å². The quantitative estimate of drug-likeness (QED) is 0.346. The molecule has 0 aromatic rings. The van der Waals surface area contributed by atoms with Gasteiger partial charge in [0.15, 0.2) is 0 Å². The van der Waals surface area contributed by atoms with Gasteiger partial charge in [-0.05, 0) is 0 Å². The summed E-state index contributed by atoms with van der Waals surface area (Å²) in [5.74, 6) is 0. The van der Waals surface area contributed by atoms with Crippen molar-refractivity contribution in [2.45, 2.75) is 0 Å². The fourth-order valence-electron chi connectivity index (χ4n) is 0. The zero-order valence-electron chi connectivity index (χ0n) is 2.58. The summed E-state index contributed by atoms with van der Waals surface area (Å²) >= 11 is 7.50. The van der Waals surface area contributed by atoms with E-state index in [0.29, 0.717) is 0 Å². The number of rotatable bonds is 0. The van der Waals surface area contributed by atoms with Gasteiger partial charge in [-0.2, -0.15) is 0 Å². The Labute approximate surface area is 73.1 Å². The average Bonchev–Trinajstić information content (AvgIpc) is 0.811. The molecule has 0 aromatic carbocycles. The van der Waals surface area contributed by atoms with E-state index in [4.69, 9.17) is 0 Å². The molecule has 2 nitrogen and oxygen atoms in total. The topological polar surface area (TPSA) is 63.0 Å². The van der Waals surface area contributed by atoms with Crippen LogP contribution in [0.2, 0.25) is 0 Å². The summed E-state index contributed by atoms with van der Waals surface area (Å²) in [6, 6.07) is 0. The maximum absolute atomic E-state index is 2.50. The Balaban J connectivity index is -0.0000000450. The first kappa shape index (κ1) is 15.9. The number of hydrogen-bond acceptors (Lipinski definition) is 0. The van der Waals surface area contributed by atoms with Crippen molar-refractivity contribution in [1.82, 2.24) is 0 Å². The van der Waals surface area contributed by atoms with Crippen LogP contribution in [0.3, 0.4) is 0 Å². The van der Waals surface area contributed by atoms with Gasteiger partial charge in [0.2, 0.25) is 0 Å². The summed E-state index contributed by atoms with van der Waals surface area (Å²) in [7, 11) is 0. The molecule has 0 saturated carbocycles. The van der Waals surface area contributed by atoms with E-state index in [9.17, 15) is 0 Å². The molecule has 6 heteroatoms. The minimum absolute atomic E-state index is 0. The Bertz CT molecular complexity index is 13.5. The third-order valence-electron chi connectivity index (χ3n) is 0. The first-order chi connectivity index (χ1) is 1.73. The van der Waals surface area contributed by atoms with Crippen LogP contribution in [0.5, 0.6) is 0 Å². The Morgan fingerprint density at radius 3 is 0.833 bits per heavy atom. The zero-order chi connectivity index (χ0) is 3.58. The van der Waals surface area contributed by atoms with E-state index >= 15 is 0 Å². The van der Waals surface area contributed by atoms with Crippen molar-refractivity contribution < 1.29 is 17.9 Å². The molecule has 0 fully saturated rings. The third-order valence-corrected chi connectivity index (χ3v) is 0. The summed E-state index contributed by atoms with van der Waals surface area (Å²) < 4.78 is 0. The molecular weight excluding hydrogens is 506 g/mol. The molecule has 42 valence electrons. The maximum atomic E-state index is 2.50.